The molecule has 1 heterocycles. The first kappa shape index (κ1) is 8.07. The zero-order valence-electron chi connectivity index (χ0n) is 6.83. The van der Waals surface area contributed by atoms with E-state index in [0.717, 1.165) is 17.2 Å². The summed E-state index contributed by atoms with van der Waals surface area (Å²) in [5.41, 5.74) is 7.15. The van der Waals surface area contributed by atoms with Gasteiger partial charge in [0.2, 0.25) is 0 Å². The second-order valence-electron chi connectivity index (χ2n) is 2.44. The molecule has 0 bridgehead atoms. The molecule has 4 heteroatoms. The largest absolute Gasteiger partial charge is 0.330 e. The standard InChI is InChI=1S/C7H12N4/c1-5-6(2)10-11-7(9-5)3-4-8/h3-4,8H2,1-2H3. The molecule has 0 spiro atoms. The van der Waals surface area contributed by atoms with Crippen LogP contribution >= 0.6 is 0 Å². The van der Waals surface area contributed by atoms with Crippen LogP contribution in [-0.2, 0) is 6.42 Å². The number of hydrogen-bond acceptors (Lipinski definition) is 4. The van der Waals surface area contributed by atoms with Gasteiger partial charge in [-0.15, -0.1) is 5.10 Å². The highest BCUT2D eigenvalue weighted by Gasteiger charge is 1.98. The van der Waals surface area contributed by atoms with Crippen molar-refractivity contribution >= 4 is 0 Å². The first-order valence-corrected chi connectivity index (χ1v) is 3.61. The molecule has 0 aromatic carbocycles. The molecule has 0 aliphatic carbocycles. The quantitative estimate of drug-likeness (QED) is 0.647. The van der Waals surface area contributed by atoms with E-state index in [-0.39, 0.29) is 0 Å². The van der Waals surface area contributed by atoms with Crippen molar-refractivity contribution in [2.45, 2.75) is 20.3 Å². The number of nitrogens with two attached hydrogens (primary N) is 1. The van der Waals surface area contributed by atoms with Crippen LogP contribution < -0.4 is 5.73 Å². The summed E-state index contributed by atoms with van der Waals surface area (Å²) >= 11 is 0. The normalized spacial score (nSPS) is 10.1. The zero-order valence-corrected chi connectivity index (χ0v) is 6.83. The maximum atomic E-state index is 5.34. The van der Waals surface area contributed by atoms with Crippen LogP contribution in [0, 0.1) is 13.8 Å². The van der Waals surface area contributed by atoms with Gasteiger partial charge in [-0.05, 0) is 20.4 Å². The van der Waals surface area contributed by atoms with E-state index in [0.29, 0.717) is 13.0 Å². The maximum absolute atomic E-state index is 5.34. The van der Waals surface area contributed by atoms with Crippen molar-refractivity contribution in [3.63, 3.8) is 0 Å². The Labute approximate surface area is 65.9 Å². The first-order valence-electron chi connectivity index (χ1n) is 3.61. The second kappa shape index (κ2) is 3.39. The molecule has 0 fully saturated rings. The average Bonchev–Trinajstić information content (AvgIpc) is 1.98. The molecule has 0 atom stereocenters. The summed E-state index contributed by atoms with van der Waals surface area (Å²) in [7, 11) is 0. The van der Waals surface area contributed by atoms with Crippen LogP contribution in [0.5, 0.6) is 0 Å². The number of rotatable bonds is 2. The van der Waals surface area contributed by atoms with Crippen LogP contribution in [0.15, 0.2) is 0 Å². The second-order valence-corrected chi connectivity index (χ2v) is 2.44. The smallest absolute Gasteiger partial charge is 0.152 e. The monoisotopic (exact) mass is 152 g/mol. The third-order valence-corrected chi connectivity index (χ3v) is 1.50. The Kier molecular flexibility index (Phi) is 2.48. The van der Waals surface area contributed by atoms with Gasteiger partial charge in [0.15, 0.2) is 5.82 Å². The fourth-order valence-electron chi connectivity index (χ4n) is 0.737. The Morgan fingerprint density at radius 1 is 1.18 bits per heavy atom. The summed E-state index contributed by atoms with van der Waals surface area (Å²) in [5, 5.41) is 7.82. The third kappa shape index (κ3) is 1.94. The van der Waals surface area contributed by atoms with Gasteiger partial charge >= 0.3 is 0 Å². The Hall–Kier alpha value is -1.03. The Bertz CT molecular complexity index is 246. The minimum atomic E-state index is 0.574. The van der Waals surface area contributed by atoms with Crippen LogP contribution in [0.2, 0.25) is 0 Å². The molecule has 4 nitrogen and oxygen atoms in total. The zero-order chi connectivity index (χ0) is 8.27. The number of aromatic nitrogens is 3. The van der Waals surface area contributed by atoms with Crippen molar-refractivity contribution in [2.75, 3.05) is 6.54 Å². The summed E-state index contributed by atoms with van der Waals surface area (Å²) in [6.07, 6.45) is 0.703. The predicted molar refractivity (Wildman–Crippen MR) is 42.1 cm³/mol. The third-order valence-electron chi connectivity index (χ3n) is 1.50. The minimum Gasteiger partial charge on any atom is -0.330 e. The van der Waals surface area contributed by atoms with Gasteiger partial charge < -0.3 is 5.73 Å². The van der Waals surface area contributed by atoms with Gasteiger partial charge in [0.05, 0.1) is 11.4 Å². The maximum Gasteiger partial charge on any atom is 0.152 e. The van der Waals surface area contributed by atoms with Crippen LogP contribution in [0.3, 0.4) is 0 Å². The van der Waals surface area contributed by atoms with Crippen molar-refractivity contribution in [3.8, 4) is 0 Å². The van der Waals surface area contributed by atoms with Gasteiger partial charge in [-0.25, -0.2) is 4.98 Å². The highest BCUT2D eigenvalue weighted by molar-refractivity contribution is 5.05. The summed E-state index contributed by atoms with van der Waals surface area (Å²) < 4.78 is 0. The van der Waals surface area contributed by atoms with E-state index in [2.05, 4.69) is 15.2 Å². The molecular formula is C7H12N4. The summed E-state index contributed by atoms with van der Waals surface area (Å²) in [4.78, 5) is 4.21. The molecule has 1 aromatic heterocycles. The fraction of sp³-hybridized carbons (Fsp3) is 0.571. The molecule has 0 unspecified atom stereocenters. The van der Waals surface area contributed by atoms with Crippen LogP contribution in [0.25, 0.3) is 0 Å². The minimum absolute atomic E-state index is 0.574. The fourth-order valence-corrected chi connectivity index (χ4v) is 0.737. The highest BCUT2D eigenvalue weighted by atomic mass is 15.2. The molecule has 11 heavy (non-hydrogen) atoms. The highest BCUT2D eigenvalue weighted by Crippen LogP contribution is 1.97. The molecule has 1 rings (SSSR count). The molecule has 0 amide bonds. The molecule has 0 saturated heterocycles. The van der Waals surface area contributed by atoms with Crippen LogP contribution in [0.1, 0.15) is 17.2 Å². The molecule has 0 radical (unpaired) electrons. The lowest BCUT2D eigenvalue weighted by Crippen LogP contribution is -2.09. The lowest BCUT2D eigenvalue weighted by Gasteiger charge is -1.99. The molecule has 0 saturated carbocycles. The average molecular weight is 152 g/mol. The summed E-state index contributed by atoms with van der Waals surface area (Å²) in [6, 6.07) is 0. The lowest BCUT2D eigenvalue weighted by molar-refractivity contribution is 0.778. The van der Waals surface area contributed by atoms with E-state index in [1.165, 1.54) is 0 Å². The van der Waals surface area contributed by atoms with Gasteiger partial charge in [0.1, 0.15) is 0 Å². The SMILES string of the molecule is Cc1nnc(CCN)nc1C. The number of hydrogen-bond donors (Lipinski definition) is 1. The van der Waals surface area contributed by atoms with E-state index in [1.807, 2.05) is 13.8 Å². The van der Waals surface area contributed by atoms with Gasteiger partial charge in [0.25, 0.3) is 0 Å². The van der Waals surface area contributed by atoms with E-state index in [4.69, 9.17) is 5.73 Å². The molecule has 0 aliphatic heterocycles. The van der Waals surface area contributed by atoms with Crippen molar-refractivity contribution in [1.29, 1.82) is 0 Å². The van der Waals surface area contributed by atoms with Gasteiger partial charge in [-0.1, -0.05) is 0 Å². The van der Waals surface area contributed by atoms with Crippen molar-refractivity contribution < 1.29 is 0 Å². The Balaban J connectivity index is 2.86. The molecular weight excluding hydrogens is 140 g/mol. The summed E-state index contributed by atoms with van der Waals surface area (Å²) in [6.45, 7) is 4.38. The van der Waals surface area contributed by atoms with Gasteiger partial charge in [-0.3, -0.25) is 0 Å². The number of nitrogens with zero attached hydrogens (tertiary/aromatic N) is 3. The molecule has 60 valence electrons. The van der Waals surface area contributed by atoms with Crippen molar-refractivity contribution in [2.24, 2.45) is 5.73 Å². The molecule has 1 aromatic rings. The van der Waals surface area contributed by atoms with E-state index >= 15 is 0 Å². The lowest BCUT2D eigenvalue weighted by atomic mass is 10.3. The topological polar surface area (TPSA) is 64.7 Å². The van der Waals surface area contributed by atoms with Crippen molar-refractivity contribution in [3.05, 3.63) is 17.2 Å². The van der Waals surface area contributed by atoms with Gasteiger partial charge in [0, 0.05) is 6.42 Å². The van der Waals surface area contributed by atoms with Crippen LogP contribution in [-0.4, -0.2) is 21.7 Å². The van der Waals surface area contributed by atoms with Crippen molar-refractivity contribution in [1.82, 2.24) is 15.2 Å². The Morgan fingerprint density at radius 2 is 1.91 bits per heavy atom. The predicted octanol–water partition coefficient (Wildman–Crippen LogP) is -0.0104. The van der Waals surface area contributed by atoms with Crippen LogP contribution in [0.4, 0.5) is 0 Å². The Morgan fingerprint density at radius 3 is 2.45 bits per heavy atom. The summed E-state index contributed by atoms with van der Waals surface area (Å²) in [5.74, 6) is 0.732. The molecule has 0 aliphatic rings. The van der Waals surface area contributed by atoms with E-state index in [9.17, 15) is 0 Å². The van der Waals surface area contributed by atoms with E-state index in [1.54, 1.807) is 0 Å². The number of aryl methyl sites for hydroxylation is 2. The van der Waals surface area contributed by atoms with E-state index < -0.39 is 0 Å². The van der Waals surface area contributed by atoms with Gasteiger partial charge in [-0.2, -0.15) is 5.10 Å². The first-order chi connectivity index (χ1) is 5.24. The molecule has 2 N–H and O–H groups in total.